The van der Waals surface area contributed by atoms with Gasteiger partial charge in [-0.25, -0.2) is 0 Å². The van der Waals surface area contributed by atoms with E-state index in [-0.39, 0.29) is 0 Å². The standard InChI is InChI=1S/C43H25NO2/c44-26-27-10-8-13-29(22-27)31-24-36(30-20-21-41-37(23-30)33-15-5-6-18-39(33)45-41)42(28-11-2-1-3-12-28)38(25-31)35-17-9-16-34-32-14-4-7-19-40(32)46-43(34)35/h1-25H. The minimum absolute atomic E-state index is 0.624. The first-order valence-corrected chi connectivity index (χ1v) is 15.3. The Balaban J connectivity index is 1.42. The molecule has 0 radical (unpaired) electrons. The fraction of sp³-hybridized carbons (Fsp3) is 0. The summed E-state index contributed by atoms with van der Waals surface area (Å²) < 4.78 is 12.8. The van der Waals surface area contributed by atoms with E-state index >= 15 is 0 Å². The molecule has 9 aromatic rings. The zero-order valence-corrected chi connectivity index (χ0v) is 24.7. The molecule has 0 saturated heterocycles. The van der Waals surface area contributed by atoms with E-state index in [0.717, 1.165) is 88.4 Å². The van der Waals surface area contributed by atoms with Crippen LogP contribution in [0, 0.1) is 11.3 Å². The molecule has 9 rings (SSSR count). The molecule has 0 aliphatic heterocycles. The lowest BCUT2D eigenvalue weighted by Crippen LogP contribution is -1.94. The third-order valence-electron chi connectivity index (χ3n) is 8.91. The quantitative estimate of drug-likeness (QED) is 0.206. The second-order valence-electron chi connectivity index (χ2n) is 11.6. The summed E-state index contributed by atoms with van der Waals surface area (Å²) in [5.74, 6) is 0. The summed E-state index contributed by atoms with van der Waals surface area (Å²) in [7, 11) is 0. The minimum Gasteiger partial charge on any atom is -0.456 e. The van der Waals surface area contributed by atoms with Crippen molar-refractivity contribution in [3.63, 3.8) is 0 Å². The van der Waals surface area contributed by atoms with Gasteiger partial charge in [-0.2, -0.15) is 5.26 Å². The van der Waals surface area contributed by atoms with Gasteiger partial charge in [-0.1, -0.05) is 103 Å². The molecule has 0 aliphatic rings. The van der Waals surface area contributed by atoms with Gasteiger partial charge in [0.2, 0.25) is 0 Å². The maximum absolute atomic E-state index is 9.75. The predicted octanol–water partition coefficient (Wildman–Crippen LogP) is 12.0. The van der Waals surface area contributed by atoms with Crippen molar-refractivity contribution in [2.24, 2.45) is 0 Å². The van der Waals surface area contributed by atoms with E-state index in [2.05, 4.69) is 103 Å². The molecule has 0 aliphatic carbocycles. The van der Waals surface area contributed by atoms with Gasteiger partial charge in [-0.05, 0) is 87.5 Å². The smallest absolute Gasteiger partial charge is 0.143 e. The monoisotopic (exact) mass is 587 g/mol. The summed E-state index contributed by atoms with van der Waals surface area (Å²) in [6, 6.07) is 54.4. The Kier molecular flexibility index (Phi) is 5.88. The summed E-state index contributed by atoms with van der Waals surface area (Å²) in [6.07, 6.45) is 0. The number of nitrogens with zero attached hydrogens (tertiary/aromatic N) is 1. The summed E-state index contributed by atoms with van der Waals surface area (Å²) in [5, 5.41) is 14.1. The first-order chi connectivity index (χ1) is 22.7. The lowest BCUT2D eigenvalue weighted by molar-refractivity contribution is 0.669. The lowest BCUT2D eigenvalue weighted by atomic mass is 9.84. The molecule has 3 nitrogen and oxygen atoms in total. The average Bonchev–Trinajstić information content (AvgIpc) is 3.69. The van der Waals surface area contributed by atoms with Crippen LogP contribution in [0.2, 0.25) is 0 Å². The first kappa shape index (κ1) is 26.1. The molecular weight excluding hydrogens is 562 g/mol. The largest absolute Gasteiger partial charge is 0.456 e. The predicted molar refractivity (Wildman–Crippen MR) is 187 cm³/mol. The molecule has 0 N–H and O–H groups in total. The third-order valence-corrected chi connectivity index (χ3v) is 8.91. The third kappa shape index (κ3) is 4.13. The topological polar surface area (TPSA) is 50.1 Å². The number of nitriles is 1. The van der Waals surface area contributed by atoms with Gasteiger partial charge >= 0.3 is 0 Å². The molecule has 0 amide bonds. The van der Waals surface area contributed by atoms with E-state index < -0.39 is 0 Å². The van der Waals surface area contributed by atoms with Crippen LogP contribution < -0.4 is 0 Å². The van der Waals surface area contributed by atoms with E-state index in [4.69, 9.17) is 8.83 Å². The highest BCUT2D eigenvalue weighted by atomic mass is 16.3. The number of hydrogen-bond donors (Lipinski definition) is 0. The molecule has 214 valence electrons. The van der Waals surface area contributed by atoms with Crippen molar-refractivity contribution >= 4 is 43.9 Å². The Morgan fingerprint density at radius 2 is 1.04 bits per heavy atom. The Bertz CT molecular complexity index is 2650. The van der Waals surface area contributed by atoms with Gasteiger partial charge in [0.05, 0.1) is 11.6 Å². The average molecular weight is 588 g/mol. The zero-order valence-electron chi connectivity index (χ0n) is 24.7. The van der Waals surface area contributed by atoms with Gasteiger partial charge < -0.3 is 8.83 Å². The highest BCUT2D eigenvalue weighted by Gasteiger charge is 2.21. The summed E-state index contributed by atoms with van der Waals surface area (Å²) in [6.45, 7) is 0. The van der Waals surface area contributed by atoms with E-state index in [0.29, 0.717) is 5.56 Å². The van der Waals surface area contributed by atoms with Crippen molar-refractivity contribution in [1.29, 1.82) is 5.26 Å². The maximum atomic E-state index is 9.75. The van der Waals surface area contributed by atoms with Crippen LogP contribution in [0.25, 0.3) is 88.4 Å². The first-order valence-electron chi connectivity index (χ1n) is 15.3. The van der Waals surface area contributed by atoms with Crippen molar-refractivity contribution in [3.8, 4) is 50.6 Å². The van der Waals surface area contributed by atoms with Crippen LogP contribution in [0.4, 0.5) is 0 Å². The molecule has 3 heteroatoms. The van der Waals surface area contributed by atoms with E-state index in [9.17, 15) is 5.26 Å². The number of rotatable bonds is 4. The summed E-state index contributed by atoms with van der Waals surface area (Å²) in [4.78, 5) is 0. The molecule has 0 spiro atoms. The van der Waals surface area contributed by atoms with Crippen LogP contribution >= 0.6 is 0 Å². The van der Waals surface area contributed by atoms with Crippen LogP contribution in [0.5, 0.6) is 0 Å². The van der Waals surface area contributed by atoms with Crippen LogP contribution in [-0.4, -0.2) is 0 Å². The van der Waals surface area contributed by atoms with Crippen LogP contribution in [0.3, 0.4) is 0 Å². The van der Waals surface area contributed by atoms with Crippen molar-refractivity contribution in [2.45, 2.75) is 0 Å². The Hall–Kier alpha value is -6.37. The van der Waals surface area contributed by atoms with E-state index in [1.54, 1.807) is 0 Å². The van der Waals surface area contributed by atoms with Gasteiger partial charge in [-0.15, -0.1) is 0 Å². The molecule has 0 saturated carbocycles. The Labute approximate surface area is 265 Å². The number of para-hydroxylation sites is 3. The van der Waals surface area contributed by atoms with E-state index in [1.807, 2.05) is 54.6 Å². The van der Waals surface area contributed by atoms with Gasteiger partial charge in [-0.3, -0.25) is 0 Å². The molecule has 7 aromatic carbocycles. The number of fused-ring (bicyclic) bond motifs is 6. The molecule has 0 bridgehead atoms. The molecular formula is C43H25NO2. The Morgan fingerprint density at radius 1 is 0.391 bits per heavy atom. The molecule has 46 heavy (non-hydrogen) atoms. The molecule has 2 aromatic heterocycles. The fourth-order valence-corrected chi connectivity index (χ4v) is 6.79. The molecule has 0 fully saturated rings. The summed E-state index contributed by atoms with van der Waals surface area (Å²) >= 11 is 0. The molecule has 2 heterocycles. The van der Waals surface area contributed by atoms with Gasteiger partial charge in [0.15, 0.2) is 0 Å². The van der Waals surface area contributed by atoms with Crippen molar-refractivity contribution < 1.29 is 8.83 Å². The van der Waals surface area contributed by atoms with Gasteiger partial charge in [0, 0.05) is 27.1 Å². The van der Waals surface area contributed by atoms with Crippen LogP contribution in [0.1, 0.15) is 5.56 Å². The van der Waals surface area contributed by atoms with E-state index in [1.165, 1.54) is 0 Å². The molecule has 0 atom stereocenters. The highest BCUT2D eigenvalue weighted by Crippen LogP contribution is 2.47. The van der Waals surface area contributed by atoms with Crippen LogP contribution in [-0.2, 0) is 0 Å². The second kappa shape index (κ2) is 10.4. The van der Waals surface area contributed by atoms with Crippen molar-refractivity contribution in [1.82, 2.24) is 0 Å². The maximum Gasteiger partial charge on any atom is 0.143 e. The van der Waals surface area contributed by atoms with Gasteiger partial charge in [0.1, 0.15) is 22.3 Å². The lowest BCUT2D eigenvalue weighted by Gasteiger charge is -2.19. The fourth-order valence-electron chi connectivity index (χ4n) is 6.79. The van der Waals surface area contributed by atoms with Crippen LogP contribution in [0.15, 0.2) is 160 Å². The normalized spacial score (nSPS) is 11.5. The highest BCUT2D eigenvalue weighted by molar-refractivity contribution is 6.12. The van der Waals surface area contributed by atoms with Crippen molar-refractivity contribution in [3.05, 3.63) is 157 Å². The second-order valence-corrected chi connectivity index (χ2v) is 11.6. The molecule has 0 unspecified atom stereocenters. The minimum atomic E-state index is 0.624. The van der Waals surface area contributed by atoms with Gasteiger partial charge in [0.25, 0.3) is 0 Å². The van der Waals surface area contributed by atoms with Crippen molar-refractivity contribution in [2.75, 3.05) is 0 Å². The SMILES string of the molecule is N#Cc1cccc(-c2cc(-c3ccc4oc5ccccc5c4c3)c(-c3ccccc3)c(-c3cccc4c3oc3ccccc34)c2)c1. The number of furan rings is 2. The number of benzene rings is 7. The number of hydrogen-bond acceptors (Lipinski definition) is 3. The zero-order chi connectivity index (χ0) is 30.6. The summed E-state index contributed by atoms with van der Waals surface area (Å²) in [5.41, 5.74) is 12.5. The Morgan fingerprint density at radius 3 is 1.87 bits per heavy atom.